The summed E-state index contributed by atoms with van der Waals surface area (Å²) >= 11 is 6.11. The van der Waals surface area contributed by atoms with Crippen molar-refractivity contribution in [3.05, 3.63) is 70.2 Å². The number of fused-ring (bicyclic) bond motifs is 1. The minimum absolute atomic E-state index is 0.300. The van der Waals surface area contributed by atoms with E-state index in [1.807, 2.05) is 0 Å². The molecule has 136 valence electrons. The predicted molar refractivity (Wildman–Crippen MR) is 98.1 cm³/mol. The third-order valence-corrected chi connectivity index (χ3v) is 6.17. The average Bonchev–Trinajstić information content (AvgIpc) is 2.58. The van der Waals surface area contributed by atoms with Gasteiger partial charge in [-0.2, -0.15) is 0 Å². The Morgan fingerprint density at radius 3 is 2.58 bits per heavy atom. The molecule has 1 aliphatic rings. The lowest BCUT2D eigenvalue weighted by Crippen LogP contribution is -2.47. The molecule has 26 heavy (non-hydrogen) atoms. The van der Waals surface area contributed by atoms with Crippen molar-refractivity contribution < 1.29 is 18.0 Å². The molecule has 1 unspecified atom stereocenters. The number of hydrogen-bond donors (Lipinski definition) is 1. The highest BCUT2D eigenvalue weighted by atomic mass is 35.5. The standard InChI is InChI=1S/C18H17ClN2O4S/c1-12(14-7-4-5-9-16(14)19)20-17(22)10-21-18(23)15-8-3-2-6-13(15)11-26(21,24)25/h2-9,12H,10-11H2,1H3,(H,20,22). The Labute approximate surface area is 156 Å². The zero-order chi connectivity index (χ0) is 18.9. The van der Waals surface area contributed by atoms with Gasteiger partial charge in [-0.3, -0.25) is 9.59 Å². The molecule has 0 radical (unpaired) electrons. The molecule has 1 atom stereocenters. The van der Waals surface area contributed by atoms with Gasteiger partial charge in [0, 0.05) is 10.6 Å². The fraction of sp³-hybridized carbons (Fsp3) is 0.222. The molecule has 0 aromatic heterocycles. The van der Waals surface area contributed by atoms with Crippen LogP contribution in [0, 0.1) is 0 Å². The van der Waals surface area contributed by atoms with E-state index >= 15 is 0 Å². The van der Waals surface area contributed by atoms with Crippen LogP contribution in [0.4, 0.5) is 0 Å². The maximum absolute atomic E-state index is 12.5. The number of halogens is 1. The highest BCUT2D eigenvalue weighted by molar-refractivity contribution is 7.89. The minimum Gasteiger partial charge on any atom is -0.348 e. The molecule has 2 amide bonds. The Kier molecular flexibility index (Phi) is 5.02. The van der Waals surface area contributed by atoms with Gasteiger partial charge >= 0.3 is 0 Å². The first-order chi connectivity index (χ1) is 12.3. The van der Waals surface area contributed by atoms with Crippen molar-refractivity contribution in [1.82, 2.24) is 9.62 Å². The number of nitrogens with zero attached hydrogens (tertiary/aromatic N) is 1. The Balaban J connectivity index is 1.77. The van der Waals surface area contributed by atoms with Crippen molar-refractivity contribution in [2.24, 2.45) is 0 Å². The molecular formula is C18H17ClN2O4S. The van der Waals surface area contributed by atoms with Crippen LogP contribution in [-0.4, -0.2) is 31.1 Å². The second-order valence-electron chi connectivity index (χ2n) is 6.04. The van der Waals surface area contributed by atoms with E-state index in [-0.39, 0.29) is 5.75 Å². The molecule has 1 aliphatic heterocycles. The molecule has 1 N–H and O–H groups in total. The van der Waals surface area contributed by atoms with Gasteiger partial charge in [-0.05, 0) is 30.2 Å². The van der Waals surface area contributed by atoms with Crippen LogP contribution >= 0.6 is 11.6 Å². The van der Waals surface area contributed by atoms with Crippen molar-refractivity contribution in [3.63, 3.8) is 0 Å². The quantitative estimate of drug-likeness (QED) is 0.866. The van der Waals surface area contributed by atoms with Crippen LogP contribution in [0.5, 0.6) is 0 Å². The first-order valence-corrected chi connectivity index (χ1v) is 9.95. The summed E-state index contributed by atoms with van der Waals surface area (Å²) in [6.45, 7) is 1.17. The van der Waals surface area contributed by atoms with Crippen LogP contribution in [0.2, 0.25) is 5.02 Å². The molecule has 6 nitrogen and oxygen atoms in total. The lowest BCUT2D eigenvalue weighted by molar-refractivity contribution is -0.121. The van der Waals surface area contributed by atoms with Crippen molar-refractivity contribution in [1.29, 1.82) is 0 Å². The maximum atomic E-state index is 12.5. The van der Waals surface area contributed by atoms with E-state index in [9.17, 15) is 18.0 Å². The van der Waals surface area contributed by atoms with Crippen LogP contribution in [0.25, 0.3) is 0 Å². The zero-order valence-corrected chi connectivity index (χ0v) is 15.5. The van der Waals surface area contributed by atoms with Gasteiger partial charge in [-0.25, -0.2) is 12.7 Å². The van der Waals surface area contributed by atoms with Crippen LogP contribution in [0.3, 0.4) is 0 Å². The third-order valence-electron chi connectivity index (χ3n) is 4.18. The SMILES string of the molecule is CC(NC(=O)CN1C(=O)c2ccccc2CS1(=O)=O)c1ccccc1Cl. The van der Waals surface area contributed by atoms with Gasteiger partial charge in [0.05, 0.1) is 11.8 Å². The van der Waals surface area contributed by atoms with Crippen molar-refractivity contribution in [3.8, 4) is 0 Å². The molecule has 8 heteroatoms. The number of amides is 2. The molecule has 2 aromatic rings. The number of rotatable bonds is 4. The van der Waals surface area contributed by atoms with E-state index in [0.29, 0.717) is 26.0 Å². The highest BCUT2D eigenvalue weighted by Gasteiger charge is 2.37. The summed E-state index contributed by atoms with van der Waals surface area (Å²) in [7, 11) is -3.89. The van der Waals surface area contributed by atoms with E-state index in [4.69, 9.17) is 11.6 Å². The summed E-state index contributed by atoms with van der Waals surface area (Å²) in [5.74, 6) is -1.57. The first kappa shape index (κ1) is 18.4. The fourth-order valence-electron chi connectivity index (χ4n) is 2.88. The van der Waals surface area contributed by atoms with Gasteiger partial charge in [0.1, 0.15) is 6.54 Å². The summed E-state index contributed by atoms with van der Waals surface area (Å²) in [5, 5.41) is 3.18. The number of hydrogen-bond acceptors (Lipinski definition) is 4. The molecule has 0 spiro atoms. The summed E-state index contributed by atoms with van der Waals surface area (Å²) in [4.78, 5) is 24.9. The maximum Gasteiger partial charge on any atom is 0.268 e. The second kappa shape index (κ2) is 7.09. The van der Waals surface area contributed by atoms with E-state index in [1.54, 1.807) is 55.5 Å². The van der Waals surface area contributed by atoms with Crippen LogP contribution in [-0.2, 0) is 20.6 Å². The second-order valence-corrected chi connectivity index (χ2v) is 8.34. The van der Waals surface area contributed by atoms with Crippen molar-refractivity contribution >= 4 is 33.4 Å². The number of benzene rings is 2. The Bertz CT molecular complexity index is 975. The number of carbonyl (C=O) groups is 2. The van der Waals surface area contributed by atoms with Crippen LogP contribution < -0.4 is 5.32 Å². The Hall–Kier alpha value is -2.38. The van der Waals surface area contributed by atoms with Gasteiger partial charge < -0.3 is 5.32 Å². The van der Waals surface area contributed by atoms with E-state index in [0.717, 1.165) is 0 Å². The van der Waals surface area contributed by atoms with Gasteiger partial charge in [0.25, 0.3) is 5.91 Å². The molecule has 0 saturated heterocycles. The molecule has 0 fully saturated rings. The molecule has 0 bridgehead atoms. The van der Waals surface area contributed by atoms with Gasteiger partial charge in [-0.15, -0.1) is 0 Å². The average molecular weight is 393 g/mol. The van der Waals surface area contributed by atoms with Crippen molar-refractivity contribution in [2.75, 3.05) is 6.54 Å². The molecule has 0 saturated carbocycles. The summed E-state index contributed by atoms with van der Waals surface area (Å²) < 4.78 is 25.4. The van der Waals surface area contributed by atoms with Crippen molar-refractivity contribution in [2.45, 2.75) is 18.7 Å². The monoisotopic (exact) mass is 392 g/mol. The minimum atomic E-state index is -3.89. The third kappa shape index (κ3) is 3.59. The lowest BCUT2D eigenvalue weighted by Gasteiger charge is -2.28. The summed E-state index contributed by atoms with van der Waals surface area (Å²) in [6.07, 6.45) is 0. The van der Waals surface area contributed by atoms with E-state index in [2.05, 4.69) is 5.32 Å². The summed E-state index contributed by atoms with van der Waals surface area (Å²) in [6, 6.07) is 13.1. The topological polar surface area (TPSA) is 83.6 Å². The smallest absolute Gasteiger partial charge is 0.268 e. The molecule has 0 aliphatic carbocycles. The number of sulfonamides is 1. The Morgan fingerprint density at radius 1 is 1.19 bits per heavy atom. The fourth-order valence-corrected chi connectivity index (χ4v) is 4.65. The van der Waals surface area contributed by atoms with E-state index in [1.165, 1.54) is 0 Å². The largest absolute Gasteiger partial charge is 0.348 e. The number of nitrogens with one attached hydrogen (secondary N) is 1. The predicted octanol–water partition coefficient (Wildman–Crippen LogP) is 2.50. The summed E-state index contributed by atoms with van der Waals surface area (Å²) in [5.41, 5.74) is 1.45. The van der Waals surface area contributed by atoms with E-state index < -0.39 is 34.4 Å². The van der Waals surface area contributed by atoms with Gasteiger partial charge in [-0.1, -0.05) is 48.0 Å². The Morgan fingerprint density at radius 2 is 1.85 bits per heavy atom. The van der Waals surface area contributed by atoms with Gasteiger partial charge in [0.15, 0.2) is 0 Å². The molecule has 2 aromatic carbocycles. The molecule has 1 heterocycles. The van der Waals surface area contributed by atoms with Crippen LogP contribution in [0.15, 0.2) is 48.5 Å². The lowest BCUT2D eigenvalue weighted by atomic mass is 10.1. The molecule has 3 rings (SSSR count). The first-order valence-electron chi connectivity index (χ1n) is 7.96. The normalized spacial score (nSPS) is 16.7. The van der Waals surface area contributed by atoms with Crippen LogP contribution in [0.1, 0.15) is 34.5 Å². The van der Waals surface area contributed by atoms with Gasteiger partial charge in [0.2, 0.25) is 15.9 Å². The number of carbonyl (C=O) groups excluding carboxylic acids is 2. The zero-order valence-electron chi connectivity index (χ0n) is 14.0. The highest BCUT2D eigenvalue weighted by Crippen LogP contribution is 2.25. The molecular weight excluding hydrogens is 376 g/mol.